The maximum atomic E-state index is 5.47. The third-order valence-corrected chi connectivity index (χ3v) is 2.91. The smallest absolute Gasteiger partial charge is 0.191 e. The molecule has 4 N–H and O–H groups in total. The second kappa shape index (κ2) is 4.63. The maximum absolute atomic E-state index is 5.47. The van der Waals surface area contributed by atoms with Gasteiger partial charge in [0.25, 0.3) is 0 Å². The highest BCUT2D eigenvalue weighted by molar-refractivity contribution is 5.79. The van der Waals surface area contributed by atoms with Crippen LogP contribution in [-0.2, 0) is 10.8 Å². The Balaban J connectivity index is 3.44. The second-order valence-electron chi connectivity index (χ2n) is 6.81. The fraction of sp³-hybridized carbons (Fsp3) is 0.533. The molecule has 0 aliphatic heterocycles. The summed E-state index contributed by atoms with van der Waals surface area (Å²) in [5, 5.41) is 0. The van der Waals surface area contributed by atoms with Gasteiger partial charge in [-0.25, -0.2) is 4.99 Å². The zero-order chi connectivity index (χ0) is 14.1. The lowest BCUT2D eigenvalue weighted by Crippen LogP contribution is -2.22. The fourth-order valence-corrected chi connectivity index (χ4v) is 1.69. The van der Waals surface area contributed by atoms with Crippen molar-refractivity contribution in [1.29, 1.82) is 0 Å². The van der Waals surface area contributed by atoms with Gasteiger partial charge in [0.1, 0.15) is 0 Å². The molecule has 100 valence electrons. The average Bonchev–Trinajstić information content (AvgIpc) is 2.13. The van der Waals surface area contributed by atoms with Gasteiger partial charge in [0.15, 0.2) is 5.96 Å². The molecule has 1 rings (SSSR count). The summed E-state index contributed by atoms with van der Waals surface area (Å²) in [6.45, 7) is 13.1. The Morgan fingerprint density at radius 2 is 1.22 bits per heavy atom. The van der Waals surface area contributed by atoms with Crippen molar-refractivity contribution in [2.24, 2.45) is 16.5 Å². The number of aliphatic imine (C=N–C) groups is 1. The summed E-state index contributed by atoms with van der Waals surface area (Å²) in [6, 6.07) is 6.34. The zero-order valence-corrected chi connectivity index (χ0v) is 12.3. The predicted octanol–water partition coefficient (Wildman–Crippen LogP) is 3.19. The van der Waals surface area contributed by atoms with Crippen LogP contribution in [0.5, 0.6) is 0 Å². The van der Waals surface area contributed by atoms with Crippen LogP contribution in [0.25, 0.3) is 0 Å². The van der Waals surface area contributed by atoms with Gasteiger partial charge in [-0.2, -0.15) is 0 Å². The topological polar surface area (TPSA) is 64.4 Å². The van der Waals surface area contributed by atoms with E-state index >= 15 is 0 Å². The Morgan fingerprint density at radius 1 is 0.833 bits per heavy atom. The van der Waals surface area contributed by atoms with E-state index in [9.17, 15) is 0 Å². The van der Waals surface area contributed by atoms with Crippen molar-refractivity contribution in [3.63, 3.8) is 0 Å². The molecular formula is C15H25N3. The number of hydrogen-bond donors (Lipinski definition) is 2. The van der Waals surface area contributed by atoms with E-state index in [1.54, 1.807) is 0 Å². The molecule has 3 nitrogen and oxygen atoms in total. The summed E-state index contributed by atoms with van der Waals surface area (Å²) in [5.41, 5.74) is 14.4. The Labute approximate surface area is 110 Å². The first-order valence-electron chi connectivity index (χ1n) is 6.26. The van der Waals surface area contributed by atoms with Gasteiger partial charge in [0, 0.05) is 0 Å². The van der Waals surface area contributed by atoms with Gasteiger partial charge in [-0.15, -0.1) is 0 Å². The molecule has 0 saturated heterocycles. The summed E-state index contributed by atoms with van der Waals surface area (Å²) in [7, 11) is 0. The van der Waals surface area contributed by atoms with Gasteiger partial charge >= 0.3 is 0 Å². The van der Waals surface area contributed by atoms with Crippen LogP contribution in [0.1, 0.15) is 52.7 Å². The first-order chi connectivity index (χ1) is 8.00. The summed E-state index contributed by atoms with van der Waals surface area (Å²) < 4.78 is 0. The normalized spacial score (nSPS) is 12.3. The highest BCUT2D eigenvalue weighted by Gasteiger charge is 2.20. The van der Waals surface area contributed by atoms with Gasteiger partial charge in [0.2, 0.25) is 0 Å². The molecule has 3 heteroatoms. The molecule has 0 saturated carbocycles. The van der Waals surface area contributed by atoms with Crippen molar-refractivity contribution < 1.29 is 0 Å². The minimum Gasteiger partial charge on any atom is -0.370 e. The highest BCUT2D eigenvalue weighted by atomic mass is 15.0. The Kier molecular flexibility index (Phi) is 3.75. The van der Waals surface area contributed by atoms with Crippen LogP contribution >= 0.6 is 0 Å². The number of nitrogens with two attached hydrogens (primary N) is 2. The Bertz CT molecular complexity index is 423. The van der Waals surface area contributed by atoms with Crippen LogP contribution in [0.3, 0.4) is 0 Å². The zero-order valence-electron chi connectivity index (χ0n) is 12.3. The molecule has 0 aliphatic rings. The number of guanidine groups is 1. The molecule has 1 aromatic rings. The van der Waals surface area contributed by atoms with Crippen molar-refractivity contribution in [1.82, 2.24) is 0 Å². The molecule has 0 spiro atoms. The van der Waals surface area contributed by atoms with Gasteiger partial charge in [-0.3, -0.25) is 0 Å². The van der Waals surface area contributed by atoms with Crippen LogP contribution < -0.4 is 11.5 Å². The molecule has 0 radical (unpaired) electrons. The molecular weight excluding hydrogens is 222 g/mol. The van der Waals surface area contributed by atoms with E-state index in [1.165, 1.54) is 11.1 Å². The van der Waals surface area contributed by atoms with Crippen LogP contribution in [0.4, 0.5) is 5.69 Å². The molecule has 0 fully saturated rings. The van der Waals surface area contributed by atoms with Crippen LogP contribution in [0, 0.1) is 0 Å². The molecule has 0 heterocycles. The minimum absolute atomic E-state index is 0.0783. The molecule has 0 amide bonds. The molecule has 1 aromatic carbocycles. The van der Waals surface area contributed by atoms with Crippen LogP contribution in [-0.4, -0.2) is 5.96 Å². The second-order valence-corrected chi connectivity index (χ2v) is 6.81. The Hall–Kier alpha value is -1.51. The number of rotatable bonds is 1. The lowest BCUT2D eigenvalue weighted by Gasteiger charge is -2.25. The van der Waals surface area contributed by atoms with E-state index < -0.39 is 0 Å². The number of hydrogen-bond acceptors (Lipinski definition) is 1. The summed E-state index contributed by atoms with van der Waals surface area (Å²) in [5.74, 6) is 0.0981. The van der Waals surface area contributed by atoms with Crippen molar-refractivity contribution in [2.75, 3.05) is 0 Å². The quantitative estimate of drug-likeness (QED) is 0.591. The van der Waals surface area contributed by atoms with E-state index in [2.05, 4.69) is 64.7 Å². The van der Waals surface area contributed by atoms with E-state index in [1.807, 2.05) is 0 Å². The van der Waals surface area contributed by atoms with Gasteiger partial charge in [-0.1, -0.05) is 47.6 Å². The Morgan fingerprint density at radius 3 is 1.50 bits per heavy atom. The first kappa shape index (κ1) is 14.6. The molecule has 0 unspecified atom stereocenters. The van der Waals surface area contributed by atoms with E-state index in [4.69, 9.17) is 11.5 Å². The molecule has 0 aliphatic carbocycles. The minimum atomic E-state index is 0.0783. The highest BCUT2D eigenvalue weighted by Crippen LogP contribution is 2.32. The summed E-state index contributed by atoms with van der Waals surface area (Å²) in [6.07, 6.45) is 0. The van der Waals surface area contributed by atoms with Gasteiger partial charge in [-0.05, 0) is 34.1 Å². The van der Waals surface area contributed by atoms with E-state index in [0.29, 0.717) is 0 Å². The van der Waals surface area contributed by atoms with Crippen molar-refractivity contribution >= 4 is 11.6 Å². The molecule has 0 bridgehead atoms. The van der Waals surface area contributed by atoms with Crippen molar-refractivity contribution in [3.8, 4) is 0 Å². The molecule has 0 aromatic heterocycles. The lowest BCUT2D eigenvalue weighted by molar-refractivity contribution is 0.569. The fourth-order valence-electron chi connectivity index (χ4n) is 1.69. The van der Waals surface area contributed by atoms with Gasteiger partial charge < -0.3 is 11.5 Å². The molecule has 18 heavy (non-hydrogen) atoms. The maximum Gasteiger partial charge on any atom is 0.191 e. The number of benzene rings is 1. The predicted molar refractivity (Wildman–Crippen MR) is 79.3 cm³/mol. The molecule has 0 atom stereocenters. The summed E-state index contributed by atoms with van der Waals surface area (Å²) >= 11 is 0. The van der Waals surface area contributed by atoms with E-state index in [-0.39, 0.29) is 16.8 Å². The monoisotopic (exact) mass is 247 g/mol. The van der Waals surface area contributed by atoms with Crippen molar-refractivity contribution in [2.45, 2.75) is 52.4 Å². The third kappa shape index (κ3) is 3.76. The van der Waals surface area contributed by atoms with Gasteiger partial charge in [0.05, 0.1) is 5.69 Å². The lowest BCUT2D eigenvalue weighted by atomic mass is 9.80. The van der Waals surface area contributed by atoms with E-state index in [0.717, 1.165) is 5.69 Å². The first-order valence-corrected chi connectivity index (χ1v) is 6.26. The standard InChI is InChI=1S/C15H25N3/c1-14(2,3)10-7-11(15(4,5)6)9-12(8-10)18-13(16)17/h7-9H,1-6H3,(H4,16,17,18). The third-order valence-electron chi connectivity index (χ3n) is 2.91. The van der Waals surface area contributed by atoms with Crippen LogP contribution in [0.15, 0.2) is 23.2 Å². The average molecular weight is 247 g/mol. The van der Waals surface area contributed by atoms with Crippen molar-refractivity contribution in [3.05, 3.63) is 29.3 Å². The largest absolute Gasteiger partial charge is 0.370 e. The SMILES string of the molecule is CC(C)(C)c1cc(N=C(N)N)cc(C(C)(C)C)c1. The van der Waals surface area contributed by atoms with Crippen LogP contribution in [0.2, 0.25) is 0 Å². The number of nitrogens with zero attached hydrogens (tertiary/aromatic N) is 1. The summed E-state index contributed by atoms with van der Waals surface area (Å²) in [4.78, 5) is 4.18.